The van der Waals surface area contributed by atoms with Crippen LogP contribution in [0.1, 0.15) is 28.2 Å². The number of rotatable bonds is 1. The Morgan fingerprint density at radius 1 is 1.26 bits per heavy atom. The zero-order valence-corrected chi connectivity index (χ0v) is 15.1. The van der Waals surface area contributed by atoms with E-state index in [1.807, 2.05) is 0 Å². The molecule has 1 amide bonds. The van der Waals surface area contributed by atoms with Crippen LogP contribution in [-0.4, -0.2) is 43.1 Å². The summed E-state index contributed by atoms with van der Waals surface area (Å²) in [6.45, 7) is 2.07. The molecule has 0 bridgehead atoms. The number of pyridine rings is 1. The molecule has 0 unspecified atom stereocenters. The van der Waals surface area contributed by atoms with Crippen LogP contribution < -0.4 is 10.3 Å². The zero-order valence-electron chi connectivity index (χ0n) is 14.4. The van der Waals surface area contributed by atoms with Gasteiger partial charge in [-0.2, -0.15) is 5.10 Å². The maximum Gasteiger partial charge on any atom is 0.274 e. The highest BCUT2D eigenvalue weighted by molar-refractivity contribution is 6.30. The van der Waals surface area contributed by atoms with Crippen molar-refractivity contribution in [3.8, 4) is 5.88 Å². The van der Waals surface area contributed by atoms with Crippen molar-refractivity contribution in [3.05, 3.63) is 56.7 Å². The average Bonchev–Trinajstić information content (AvgIpc) is 3.12. The zero-order chi connectivity index (χ0) is 18.5. The summed E-state index contributed by atoms with van der Waals surface area (Å²) < 4.78 is 8.67. The van der Waals surface area contributed by atoms with Gasteiger partial charge in [0.05, 0.1) is 29.4 Å². The molecule has 0 saturated heterocycles. The van der Waals surface area contributed by atoms with E-state index < -0.39 is 0 Å². The molecule has 2 aliphatic rings. The lowest BCUT2D eigenvalue weighted by molar-refractivity contribution is 0.0725. The Balaban J connectivity index is 1.49. The molecule has 0 aliphatic carbocycles. The second-order valence-corrected chi connectivity index (χ2v) is 7.12. The fourth-order valence-corrected chi connectivity index (χ4v) is 3.74. The van der Waals surface area contributed by atoms with Gasteiger partial charge in [-0.15, -0.1) is 0 Å². The minimum absolute atomic E-state index is 0.192. The Labute approximate surface area is 158 Å². The monoisotopic (exact) mass is 385 g/mol. The number of aryl methyl sites for hydroxylation is 1. The SMILES string of the molecule is O=C(c1cc2n(n1)CCCO2)N1CCc2nc3ccc(Cl)cn3c(=O)c2C1. The Morgan fingerprint density at radius 3 is 3.00 bits per heavy atom. The van der Waals surface area contributed by atoms with Gasteiger partial charge in [-0.25, -0.2) is 9.67 Å². The van der Waals surface area contributed by atoms with Crippen LogP contribution in [0.25, 0.3) is 5.65 Å². The summed E-state index contributed by atoms with van der Waals surface area (Å²) in [6, 6.07) is 5.09. The number of hydrogen-bond acceptors (Lipinski definition) is 5. The first-order valence-corrected chi connectivity index (χ1v) is 9.17. The quantitative estimate of drug-likeness (QED) is 0.634. The van der Waals surface area contributed by atoms with E-state index in [0.717, 1.165) is 18.7 Å². The molecule has 9 heteroatoms. The lowest BCUT2D eigenvalue weighted by atomic mass is 10.1. The standard InChI is InChI=1S/C18H16ClN5O3/c19-11-2-3-15-20-13-4-6-22(10-12(13)17(25)23(15)9-11)18(26)14-8-16-24(21-14)5-1-7-27-16/h2-3,8-9H,1,4-7,10H2. The molecule has 8 nitrogen and oxygen atoms in total. The largest absolute Gasteiger partial charge is 0.478 e. The number of carbonyl (C=O) groups excluding carboxylic acids is 1. The fraction of sp³-hybridized carbons (Fsp3) is 0.333. The summed E-state index contributed by atoms with van der Waals surface area (Å²) >= 11 is 6.01. The number of aromatic nitrogens is 4. The van der Waals surface area contributed by atoms with E-state index in [2.05, 4.69) is 10.1 Å². The van der Waals surface area contributed by atoms with Gasteiger partial charge in [0.15, 0.2) is 5.69 Å². The lowest BCUT2D eigenvalue weighted by Gasteiger charge is -2.27. The minimum atomic E-state index is -0.207. The van der Waals surface area contributed by atoms with Crippen LogP contribution in [0.4, 0.5) is 0 Å². The number of halogens is 1. The van der Waals surface area contributed by atoms with E-state index in [-0.39, 0.29) is 18.0 Å². The normalized spacial score (nSPS) is 16.0. The summed E-state index contributed by atoms with van der Waals surface area (Å²) in [6.07, 6.45) is 2.95. The molecule has 0 aromatic carbocycles. The number of carbonyl (C=O) groups is 1. The van der Waals surface area contributed by atoms with Gasteiger partial charge in [0.2, 0.25) is 5.88 Å². The van der Waals surface area contributed by atoms with Crippen molar-refractivity contribution in [2.24, 2.45) is 0 Å². The van der Waals surface area contributed by atoms with Crippen molar-refractivity contribution >= 4 is 23.2 Å². The van der Waals surface area contributed by atoms with Crippen LogP contribution >= 0.6 is 11.6 Å². The van der Waals surface area contributed by atoms with E-state index in [9.17, 15) is 9.59 Å². The van der Waals surface area contributed by atoms with Crippen LogP contribution in [-0.2, 0) is 19.5 Å². The van der Waals surface area contributed by atoms with Gasteiger partial charge in [0.25, 0.3) is 11.5 Å². The average molecular weight is 386 g/mol. The molecular formula is C18H16ClN5O3. The van der Waals surface area contributed by atoms with Crippen molar-refractivity contribution in [1.29, 1.82) is 0 Å². The van der Waals surface area contributed by atoms with Crippen molar-refractivity contribution in [2.75, 3.05) is 13.2 Å². The van der Waals surface area contributed by atoms with Gasteiger partial charge in [-0.05, 0) is 12.1 Å². The second-order valence-electron chi connectivity index (χ2n) is 6.69. The molecule has 2 aliphatic heterocycles. The van der Waals surface area contributed by atoms with Crippen molar-refractivity contribution in [1.82, 2.24) is 24.1 Å². The van der Waals surface area contributed by atoms with E-state index in [1.165, 1.54) is 4.40 Å². The summed E-state index contributed by atoms with van der Waals surface area (Å²) in [5.41, 5.74) is 1.96. The van der Waals surface area contributed by atoms with Gasteiger partial charge in [0.1, 0.15) is 5.65 Å². The molecular weight excluding hydrogens is 370 g/mol. The fourth-order valence-electron chi connectivity index (χ4n) is 3.58. The number of fused-ring (bicyclic) bond motifs is 3. The Kier molecular flexibility index (Phi) is 3.68. The first-order chi connectivity index (χ1) is 13.1. The molecule has 5 rings (SSSR count). The number of amides is 1. The summed E-state index contributed by atoms with van der Waals surface area (Å²) in [5, 5.41) is 4.81. The molecule has 0 N–H and O–H groups in total. The predicted octanol–water partition coefficient (Wildman–Crippen LogP) is 1.53. The smallest absolute Gasteiger partial charge is 0.274 e. The lowest BCUT2D eigenvalue weighted by Crippen LogP contribution is -2.40. The van der Waals surface area contributed by atoms with Crippen molar-refractivity contribution < 1.29 is 9.53 Å². The van der Waals surface area contributed by atoms with Crippen molar-refractivity contribution in [3.63, 3.8) is 0 Å². The molecule has 5 heterocycles. The maximum atomic E-state index is 12.9. The molecule has 0 atom stereocenters. The van der Waals surface area contributed by atoms with E-state index in [0.29, 0.717) is 47.4 Å². The summed E-state index contributed by atoms with van der Waals surface area (Å²) in [5.74, 6) is 0.408. The maximum absolute atomic E-state index is 12.9. The van der Waals surface area contributed by atoms with Gasteiger partial charge in [-0.3, -0.25) is 14.0 Å². The van der Waals surface area contributed by atoms with Crippen LogP contribution in [0.2, 0.25) is 5.02 Å². The Bertz CT molecular complexity index is 1110. The van der Waals surface area contributed by atoms with Crippen molar-refractivity contribution in [2.45, 2.75) is 25.9 Å². The third kappa shape index (κ3) is 2.68. The molecule has 3 aromatic rings. The van der Waals surface area contributed by atoms with Crippen LogP contribution in [0.15, 0.2) is 29.2 Å². The molecule has 138 valence electrons. The second kappa shape index (κ2) is 6.09. The molecule has 27 heavy (non-hydrogen) atoms. The Morgan fingerprint density at radius 2 is 2.15 bits per heavy atom. The molecule has 0 fully saturated rings. The van der Waals surface area contributed by atoms with Gasteiger partial charge >= 0.3 is 0 Å². The van der Waals surface area contributed by atoms with E-state index >= 15 is 0 Å². The summed E-state index contributed by atoms with van der Waals surface area (Å²) in [4.78, 5) is 32.0. The van der Waals surface area contributed by atoms with Gasteiger partial charge in [-0.1, -0.05) is 11.6 Å². The Hall–Kier alpha value is -2.87. The third-order valence-corrected chi connectivity index (χ3v) is 5.17. The first kappa shape index (κ1) is 16.3. The highest BCUT2D eigenvalue weighted by Gasteiger charge is 2.28. The van der Waals surface area contributed by atoms with Crippen LogP contribution in [0.5, 0.6) is 5.88 Å². The molecule has 3 aromatic heterocycles. The van der Waals surface area contributed by atoms with E-state index in [4.69, 9.17) is 16.3 Å². The predicted molar refractivity (Wildman–Crippen MR) is 97.3 cm³/mol. The number of ether oxygens (including phenoxy) is 1. The third-order valence-electron chi connectivity index (χ3n) is 4.95. The highest BCUT2D eigenvalue weighted by atomic mass is 35.5. The first-order valence-electron chi connectivity index (χ1n) is 8.80. The number of hydrogen-bond donors (Lipinski definition) is 0. The molecule has 0 spiro atoms. The summed E-state index contributed by atoms with van der Waals surface area (Å²) in [7, 11) is 0. The minimum Gasteiger partial charge on any atom is -0.478 e. The van der Waals surface area contributed by atoms with Crippen LogP contribution in [0, 0.1) is 0 Å². The van der Waals surface area contributed by atoms with E-state index in [1.54, 1.807) is 34.0 Å². The highest BCUT2D eigenvalue weighted by Crippen LogP contribution is 2.22. The topological polar surface area (TPSA) is 81.7 Å². The van der Waals surface area contributed by atoms with Gasteiger partial charge < -0.3 is 9.64 Å². The molecule has 0 saturated carbocycles. The van der Waals surface area contributed by atoms with Crippen LogP contribution in [0.3, 0.4) is 0 Å². The molecule has 0 radical (unpaired) electrons. The number of nitrogens with zero attached hydrogens (tertiary/aromatic N) is 5. The van der Waals surface area contributed by atoms with Gasteiger partial charge in [0, 0.05) is 38.2 Å².